The van der Waals surface area contributed by atoms with Crippen molar-refractivity contribution in [2.75, 3.05) is 14.2 Å². The summed E-state index contributed by atoms with van der Waals surface area (Å²) in [5, 5.41) is 9.33. The van der Waals surface area contributed by atoms with E-state index in [-0.39, 0.29) is 11.7 Å². The van der Waals surface area contributed by atoms with Gasteiger partial charge in [-0.25, -0.2) is 0 Å². The van der Waals surface area contributed by atoms with Crippen LogP contribution in [0.3, 0.4) is 0 Å². The van der Waals surface area contributed by atoms with Crippen molar-refractivity contribution in [3.63, 3.8) is 0 Å². The van der Waals surface area contributed by atoms with Crippen LogP contribution in [0.4, 0.5) is 0 Å². The van der Waals surface area contributed by atoms with E-state index < -0.39 is 5.92 Å². The Labute approximate surface area is 88.4 Å². The van der Waals surface area contributed by atoms with Gasteiger partial charge in [0, 0.05) is 5.56 Å². The number of hydrogen-bond acceptors (Lipinski definition) is 4. The van der Waals surface area contributed by atoms with Gasteiger partial charge < -0.3 is 14.6 Å². The Morgan fingerprint density at radius 2 is 2.07 bits per heavy atom. The minimum Gasteiger partial charge on any atom is -0.508 e. The molecule has 1 rings (SSSR count). The predicted octanol–water partition coefficient (Wildman–Crippen LogP) is 1.68. The van der Waals surface area contributed by atoms with Gasteiger partial charge in [-0.1, -0.05) is 0 Å². The second-order valence-corrected chi connectivity index (χ2v) is 3.17. The summed E-state index contributed by atoms with van der Waals surface area (Å²) in [6.45, 7) is 1.70. The lowest BCUT2D eigenvalue weighted by molar-refractivity contribution is -0.142. The molecule has 0 amide bonds. The average Bonchev–Trinajstić information content (AvgIpc) is 2.27. The number of methoxy groups -OCH3 is 2. The van der Waals surface area contributed by atoms with Gasteiger partial charge >= 0.3 is 5.97 Å². The number of ether oxygens (including phenoxy) is 2. The van der Waals surface area contributed by atoms with Crippen LogP contribution < -0.4 is 4.74 Å². The molecule has 1 N–H and O–H groups in total. The second-order valence-electron chi connectivity index (χ2n) is 3.17. The summed E-state index contributed by atoms with van der Waals surface area (Å²) in [5.41, 5.74) is 0.615. The van der Waals surface area contributed by atoms with E-state index in [1.807, 2.05) is 0 Å². The highest BCUT2D eigenvalue weighted by Gasteiger charge is 2.20. The SMILES string of the molecule is COC(=O)C(C)c1cc(O)ccc1OC. The molecule has 0 aromatic heterocycles. The van der Waals surface area contributed by atoms with E-state index in [4.69, 9.17) is 4.74 Å². The van der Waals surface area contributed by atoms with Crippen LogP contribution in [-0.4, -0.2) is 25.3 Å². The standard InChI is InChI=1S/C11H14O4/c1-7(11(13)15-3)9-6-8(12)4-5-10(9)14-2/h4-7,12H,1-3H3. The van der Waals surface area contributed by atoms with Crippen molar-refractivity contribution in [3.05, 3.63) is 23.8 Å². The zero-order chi connectivity index (χ0) is 11.4. The number of aromatic hydroxyl groups is 1. The molecule has 15 heavy (non-hydrogen) atoms. The van der Waals surface area contributed by atoms with Crippen molar-refractivity contribution >= 4 is 5.97 Å². The maximum absolute atomic E-state index is 11.3. The Morgan fingerprint density at radius 1 is 1.40 bits per heavy atom. The number of phenolic OH excluding ortho intramolecular Hbond substituents is 1. The van der Waals surface area contributed by atoms with Gasteiger partial charge in [0.1, 0.15) is 11.5 Å². The molecule has 0 aliphatic carbocycles. The Morgan fingerprint density at radius 3 is 2.60 bits per heavy atom. The monoisotopic (exact) mass is 210 g/mol. The Kier molecular flexibility index (Phi) is 3.55. The molecule has 4 heteroatoms. The van der Waals surface area contributed by atoms with Crippen LogP contribution in [0.1, 0.15) is 18.4 Å². The molecule has 0 saturated carbocycles. The maximum atomic E-state index is 11.3. The Bertz CT molecular complexity index is 360. The average molecular weight is 210 g/mol. The minimum absolute atomic E-state index is 0.0987. The molecule has 0 saturated heterocycles. The Hall–Kier alpha value is -1.71. The van der Waals surface area contributed by atoms with Crippen molar-refractivity contribution in [1.29, 1.82) is 0 Å². The molecule has 0 aliphatic heterocycles. The molecule has 0 bridgehead atoms. The summed E-state index contributed by atoms with van der Waals surface area (Å²) >= 11 is 0. The Balaban J connectivity index is 3.10. The van der Waals surface area contributed by atoms with Gasteiger partial charge in [0.2, 0.25) is 0 Å². The fourth-order valence-electron chi connectivity index (χ4n) is 1.36. The van der Waals surface area contributed by atoms with Gasteiger partial charge in [0.25, 0.3) is 0 Å². The van der Waals surface area contributed by atoms with E-state index in [1.54, 1.807) is 13.0 Å². The zero-order valence-corrected chi connectivity index (χ0v) is 8.98. The van der Waals surface area contributed by atoms with Crippen molar-refractivity contribution in [3.8, 4) is 11.5 Å². The first-order valence-electron chi connectivity index (χ1n) is 4.55. The summed E-state index contributed by atoms with van der Waals surface area (Å²) in [6, 6.07) is 4.62. The van der Waals surface area contributed by atoms with E-state index in [2.05, 4.69) is 4.74 Å². The van der Waals surface area contributed by atoms with Crippen molar-refractivity contribution in [1.82, 2.24) is 0 Å². The van der Waals surface area contributed by atoms with Gasteiger partial charge in [0.05, 0.1) is 20.1 Å². The molecule has 0 aliphatic rings. The summed E-state index contributed by atoms with van der Waals surface area (Å²) in [4.78, 5) is 11.3. The van der Waals surface area contributed by atoms with E-state index in [0.717, 1.165) is 0 Å². The lowest BCUT2D eigenvalue weighted by Crippen LogP contribution is -2.11. The number of phenols is 1. The highest BCUT2D eigenvalue weighted by atomic mass is 16.5. The van der Waals surface area contributed by atoms with Crippen LogP contribution in [0, 0.1) is 0 Å². The molecule has 0 heterocycles. The summed E-state index contributed by atoms with van der Waals surface area (Å²) in [5.74, 6) is -0.164. The first kappa shape index (κ1) is 11.4. The first-order valence-corrected chi connectivity index (χ1v) is 4.55. The van der Waals surface area contributed by atoms with Crippen molar-refractivity contribution in [2.45, 2.75) is 12.8 Å². The van der Waals surface area contributed by atoms with Gasteiger partial charge in [-0.3, -0.25) is 4.79 Å². The van der Waals surface area contributed by atoms with Crippen LogP contribution in [0.2, 0.25) is 0 Å². The molecule has 82 valence electrons. The topological polar surface area (TPSA) is 55.8 Å². The molecular formula is C11H14O4. The molecule has 0 radical (unpaired) electrons. The van der Waals surface area contributed by atoms with E-state index >= 15 is 0 Å². The van der Waals surface area contributed by atoms with Crippen LogP contribution >= 0.6 is 0 Å². The molecule has 4 nitrogen and oxygen atoms in total. The van der Waals surface area contributed by atoms with Gasteiger partial charge in [-0.2, -0.15) is 0 Å². The third kappa shape index (κ3) is 2.40. The molecule has 1 atom stereocenters. The molecule has 0 spiro atoms. The first-order chi connectivity index (χ1) is 7.10. The summed E-state index contributed by atoms with van der Waals surface area (Å²) in [6.07, 6.45) is 0. The van der Waals surface area contributed by atoms with E-state index in [0.29, 0.717) is 11.3 Å². The number of rotatable bonds is 3. The zero-order valence-electron chi connectivity index (χ0n) is 8.98. The maximum Gasteiger partial charge on any atom is 0.312 e. The molecule has 1 aromatic carbocycles. The quantitative estimate of drug-likeness (QED) is 0.771. The lowest BCUT2D eigenvalue weighted by Gasteiger charge is -2.13. The number of hydrogen-bond donors (Lipinski definition) is 1. The van der Waals surface area contributed by atoms with Crippen LogP contribution in [0.25, 0.3) is 0 Å². The normalized spacial score (nSPS) is 11.9. The highest BCUT2D eigenvalue weighted by molar-refractivity contribution is 5.78. The largest absolute Gasteiger partial charge is 0.508 e. The smallest absolute Gasteiger partial charge is 0.312 e. The third-order valence-electron chi connectivity index (χ3n) is 2.23. The molecule has 1 unspecified atom stereocenters. The van der Waals surface area contributed by atoms with Crippen LogP contribution in [-0.2, 0) is 9.53 Å². The molecule has 1 aromatic rings. The molecular weight excluding hydrogens is 196 g/mol. The predicted molar refractivity (Wildman–Crippen MR) is 55.1 cm³/mol. The summed E-state index contributed by atoms with van der Waals surface area (Å²) in [7, 11) is 2.84. The molecule has 0 fully saturated rings. The van der Waals surface area contributed by atoms with Gasteiger partial charge in [-0.05, 0) is 25.1 Å². The third-order valence-corrected chi connectivity index (χ3v) is 2.23. The van der Waals surface area contributed by atoms with Gasteiger partial charge in [-0.15, -0.1) is 0 Å². The van der Waals surface area contributed by atoms with Crippen molar-refractivity contribution < 1.29 is 19.4 Å². The number of benzene rings is 1. The fraction of sp³-hybridized carbons (Fsp3) is 0.364. The minimum atomic E-state index is -0.461. The van der Waals surface area contributed by atoms with E-state index in [1.165, 1.54) is 26.4 Å². The van der Waals surface area contributed by atoms with E-state index in [9.17, 15) is 9.90 Å². The van der Waals surface area contributed by atoms with Gasteiger partial charge in [0.15, 0.2) is 0 Å². The number of carbonyl (C=O) groups is 1. The second kappa shape index (κ2) is 4.68. The number of esters is 1. The lowest BCUT2D eigenvalue weighted by atomic mass is 10.00. The van der Waals surface area contributed by atoms with Crippen LogP contribution in [0.5, 0.6) is 11.5 Å². The highest BCUT2D eigenvalue weighted by Crippen LogP contribution is 2.30. The fourth-order valence-corrected chi connectivity index (χ4v) is 1.36. The van der Waals surface area contributed by atoms with Crippen molar-refractivity contribution in [2.24, 2.45) is 0 Å². The summed E-state index contributed by atoms with van der Waals surface area (Å²) < 4.78 is 9.73. The number of carbonyl (C=O) groups excluding carboxylic acids is 1. The van der Waals surface area contributed by atoms with Crippen LogP contribution in [0.15, 0.2) is 18.2 Å².